The zero-order chi connectivity index (χ0) is 10.3. The molecule has 1 aliphatic carbocycles. The molecule has 3 heteroatoms. The Morgan fingerprint density at radius 2 is 2.14 bits per heavy atom. The molecule has 1 fully saturated rings. The van der Waals surface area contributed by atoms with Crippen molar-refractivity contribution in [2.24, 2.45) is 5.73 Å². The van der Waals surface area contributed by atoms with E-state index in [1.54, 1.807) is 6.07 Å². The van der Waals surface area contributed by atoms with E-state index in [0.717, 1.165) is 30.4 Å². The summed E-state index contributed by atoms with van der Waals surface area (Å²) in [4.78, 5) is 0. The molecule has 1 aromatic carbocycles. The average Bonchev–Trinajstić information content (AvgIpc) is 2.79. The third kappa shape index (κ3) is 1.86. The second-order valence-electron chi connectivity index (χ2n) is 4.30. The molecule has 76 valence electrons. The zero-order valence-corrected chi connectivity index (χ0v) is 8.93. The van der Waals surface area contributed by atoms with Crippen molar-refractivity contribution in [1.29, 1.82) is 0 Å². The molecule has 2 rings (SSSR count). The molecule has 0 saturated heterocycles. The van der Waals surface area contributed by atoms with E-state index in [-0.39, 0.29) is 11.3 Å². The van der Waals surface area contributed by atoms with Crippen LogP contribution in [0.3, 0.4) is 0 Å². The van der Waals surface area contributed by atoms with E-state index in [1.807, 2.05) is 13.0 Å². The highest BCUT2D eigenvalue weighted by Crippen LogP contribution is 2.39. The number of hydrogen-bond acceptors (Lipinski definition) is 2. The van der Waals surface area contributed by atoms with Gasteiger partial charge in [0, 0.05) is 5.54 Å². The summed E-state index contributed by atoms with van der Waals surface area (Å²) < 4.78 is 0. The van der Waals surface area contributed by atoms with E-state index in [2.05, 4.69) is 0 Å². The molecular formula is C11H14ClNO. The lowest BCUT2D eigenvalue weighted by molar-refractivity contribution is 0.474. The number of nitrogens with two attached hydrogens (primary N) is 1. The zero-order valence-electron chi connectivity index (χ0n) is 8.18. The predicted octanol–water partition coefficient (Wildman–Crippen LogP) is 2.39. The average molecular weight is 212 g/mol. The van der Waals surface area contributed by atoms with Crippen LogP contribution in [0.2, 0.25) is 5.02 Å². The number of phenolic OH excluding ortho intramolecular Hbond substituents is 1. The molecular weight excluding hydrogens is 198 g/mol. The lowest BCUT2D eigenvalue weighted by Gasteiger charge is -2.12. The summed E-state index contributed by atoms with van der Waals surface area (Å²) in [5.74, 6) is 0.158. The number of aryl methyl sites for hydroxylation is 1. The van der Waals surface area contributed by atoms with Crippen molar-refractivity contribution in [3.8, 4) is 5.75 Å². The Balaban J connectivity index is 2.32. The maximum atomic E-state index is 9.53. The molecule has 0 aromatic heterocycles. The van der Waals surface area contributed by atoms with Gasteiger partial charge in [-0.2, -0.15) is 0 Å². The Morgan fingerprint density at radius 3 is 2.71 bits per heavy atom. The molecule has 1 aromatic rings. The van der Waals surface area contributed by atoms with Crippen LogP contribution in [0.25, 0.3) is 0 Å². The van der Waals surface area contributed by atoms with Gasteiger partial charge in [0.2, 0.25) is 0 Å². The van der Waals surface area contributed by atoms with Crippen molar-refractivity contribution < 1.29 is 5.11 Å². The minimum atomic E-state index is -0.0656. The number of phenols is 1. The van der Waals surface area contributed by atoms with Gasteiger partial charge < -0.3 is 10.8 Å². The largest absolute Gasteiger partial charge is 0.506 e. The molecule has 2 nitrogen and oxygen atoms in total. The molecule has 0 amide bonds. The molecule has 1 saturated carbocycles. The Labute approximate surface area is 88.7 Å². The van der Waals surface area contributed by atoms with Gasteiger partial charge in [-0.25, -0.2) is 0 Å². The molecule has 0 atom stereocenters. The monoisotopic (exact) mass is 211 g/mol. The molecule has 0 heterocycles. The van der Waals surface area contributed by atoms with Gasteiger partial charge in [-0.1, -0.05) is 17.7 Å². The van der Waals surface area contributed by atoms with Gasteiger partial charge in [-0.15, -0.1) is 0 Å². The van der Waals surface area contributed by atoms with Crippen molar-refractivity contribution in [1.82, 2.24) is 0 Å². The van der Waals surface area contributed by atoms with Crippen molar-refractivity contribution in [3.63, 3.8) is 0 Å². The van der Waals surface area contributed by atoms with E-state index in [4.69, 9.17) is 17.3 Å². The van der Waals surface area contributed by atoms with Crippen LogP contribution in [0.15, 0.2) is 12.1 Å². The highest BCUT2D eigenvalue weighted by atomic mass is 35.5. The van der Waals surface area contributed by atoms with Crippen molar-refractivity contribution >= 4 is 11.6 Å². The van der Waals surface area contributed by atoms with Crippen LogP contribution in [0.1, 0.15) is 24.0 Å². The second-order valence-corrected chi connectivity index (χ2v) is 4.67. The number of rotatable bonds is 2. The van der Waals surface area contributed by atoms with Crippen LogP contribution in [-0.2, 0) is 6.42 Å². The van der Waals surface area contributed by atoms with Crippen LogP contribution >= 0.6 is 11.6 Å². The van der Waals surface area contributed by atoms with E-state index in [9.17, 15) is 5.11 Å². The topological polar surface area (TPSA) is 46.2 Å². The lowest BCUT2D eigenvalue weighted by atomic mass is 10.0. The summed E-state index contributed by atoms with van der Waals surface area (Å²) in [5, 5.41) is 9.98. The van der Waals surface area contributed by atoms with Crippen molar-refractivity contribution in [3.05, 3.63) is 28.3 Å². The van der Waals surface area contributed by atoms with Gasteiger partial charge >= 0.3 is 0 Å². The Hall–Kier alpha value is -0.730. The molecule has 3 N–H and O–H groups in total. The summed E-state index contributed by atoms with van der Waals surface area (Å²) in [6, 6.07) is 3.66. The molecule has 0 radical (unpaired) electrons. The molecule has 14 heavy (non-hydrogen) atoms. The number of hydrogen-bond donors (Lipinski definition) is 2. The minimum Gasteiger partial charge on any atom is -0.506 e. The second kappa shape index (κ2) is 3.14. The molecule has 0 unspecified atom stereocenters. The highest BCUT2D eigenvalue weighted by molar-refractivity contribution is 6.32. The summed E-state index contributed by atoms with van der Waals surface area (Å²) in [7, 11) is 0. The highest BCUT2D eigenvalue weighted by Gasteiger charge is 2.38. The van der Waals surface area contributed by atoms with Gasteiger partial charge in [0.25, 0.3) is 0 Å². The smallest absolute Gasteiger partial charge is 0.134 e. The van der Waals surface area contributed by atoms with Gasteiger partial charge in [-0.3, -0.25) is 0 Å². The van der Waals surface area contributed by atoms with E-state index < -0.39 is 0 Å². The lowest BCUT2D eigenvalue weighted by Crippen LogP contribution is -2.24. The molecule has 0 spiro atoms. The molecule has 0 bridgehead atoms. The van der Waals surface area contributed by atoms with Gasteiger partial charge in [-0.05, 0) is 43.4 Å². The first-order valence-electron chi connectivity index (χ1n) is 4.77. The molecule has 0 aliphatic heterocycles. The fourth-order valence-electron chi connectivity index (χ4n) is 1.67. The fraction of sp³-hybridized carbons (Fsp3) is 0.455. The number of aromatic hydroxyl groups is 1. The number of benzene rings is 1. The Kier molecular flexibility index (Phi) is 2.20. The first-order valence-corrected chi connectivity index (χ1v) is 5.15. The Bertz CT molecular complexity index is 372. The van der Waals surface area contributed by atoms with Gasteiger partial charge in [0.05, 0.1) is 5.02 Å². The SMILES string of the molecule is Cc1cc(O)c(Cl)c(CC2(N)CC2)c1. The van der Waals surface area contributed by atoms with Crippen LogP contribution in [0, 0.1) is 6.92 Å². The van der Waals surface area contributed by atoms with E-state index in [0.29, 0.717) is 5.02 Å². The maximum Gasteiger partial charge on any atom is 0.134 e. The van der Waals surface area contributed by atoms with Crippen molar-refractivity contribution in [2.75, 3.05) is 0 Å². The quantitative estimate of drug-likeness (QED) is 0.789. The predicted molar refractivity (Wildman–Crippen MR) is 57.7 cm³/mol. The fourth-order valence-corrected chi connectivity index (χ4v) is 1.84. The summed E-state index contributed by atoms with van der Waals surface area (Å²) in [5.41, 5.74) is 7.92. The minimum absolute atomic E-state index is 0.0656. The first kappa shape index (κ1) is 9.81. The van der Waals surface area contributed by atoms with Crippen molar-refractivity contribution in [2.45, 2.75) is 31.7 Å². The van der Waals surface area contributed by atoms with Crippen LogP contribution in [0.4, 0.5) is 0 Å². The third-order valence-electron chi connectivity index (χ3n) is 2.71. The van der Waals surface area contributed by atoms with Crippen LogP contribution in [0.5, 0.6) is 5.75 Å². The van der Waals surface area contributed by atoms with E-state index >= 15 is 0 Å². The number of halogens is 1. The summed E-state index contributed by atoms with van der Waals surface area (Å²) in [6.45, 7) is 1.94. The van der Waals surface area contributed by atoms with E-state index in [1.165, 1.54) is 0 Å². The van der Waals surface area contributed by atoms with Crippen LogP contribution in [-0.4, -0.2) is 10.6 Å². The third-order valence-corrected chi connectivity index (χ3v) is 3.14. The normalized spacial score (nSPS) is 18.2. The van der Waals surface area contributed by atoms with Crippen LogP contribution < -0.4 is 5.73 Å². The standard InChI is InChI=1S/C11H14ClNO/c1-7-4-8(6-11(13)2-3-11)10(12)9(14)5-7/h4-5,14H,2-3,6,13H2,1H3. The maximum absolute atomic E-state index is 9.53. The summed E-state index contributed by atoms with van der Waals surface area (Å²) >= 11 is 5.99. The van der Waals surface area contributed by atoms with Gasteiger partial charge in [0.15, 0.2) is 0 Å². The first-order chi connectivity index (χ1) is 6.50. The summed E-state index contributed by atoms with van der Waals surface area (Å²) in [6.07, 6.45) is 2.87. The Morgan fingerprint density at radius 1 is 1.50 bits per heavy atom. The van der Waals surface area contributed by atoms with Gasteiger partial charge in [0.1, 0.15) is 5.75 Å². The molecule has 1 aliphatic rings.